The molecule has 62 heavy (non-hydrogen) atoms. The average Bonchev–Trinajstić information content (AvgIpc) is 3.27. The van der Waals surface area contributed by atoms with E-state index < -0.39 is 12.1 Å². The Bertz CT molecular complexity index is 1010. The van der Waals surface area contributed by atoms with E-state index in [1.54, 1.807) is 6.08 Å². The summed E-state index contributed by atoms with van der Waals surface area (Å²) in [5, 5.41) is 23.1. The molecule has 0 aromatic rings. The Morgan fingerprint density at radius 2 is 0.758 bits per heavy atom. The van der Waals surface area contributed by atoms with Gasteiger partial charge in [-0.05, 0) is 83.5 Å². The smallest absolute Gasteiger partial charge is 0.305 e. The standard InChI is InChI=1S/C56H105NO5/c1-3-5-7-9-11-13-15-17-18-21-25-28-32-36-40-44-48-54(59)53(52-58)57-55(60)49-45-41-37-33-29-26-22-19-20-23-27-31-35-39-43-47-51-62-56(61)50-46-42-38-34-30-24-16-14-12-10-8-6-4-2/h14,16,19,22,44,48,53-54,58-59H,3-13,15,17-18,20-21,23-43,45-47,49-52H2,1-2H3,(H,57,60)/b16-14-,22-19-,48-44+. The van der Waals surface area contributed by atoms with E-state index in [9.17, 15) is 19.8 Å². The minimum Gasteiger partial charge on any atom is -0.466 e. The fraction of sp³-hybridized carbons (Fsp3) is 0.857. The van der Waals surface area contributed by atoms with E-state index in [1.165, 1.54) is 193 Å². The molecule has 0 aliphatic heterocycles. The van der Waals surface area contributed by atoms with Gasteiger partial charge < -0.3 is 20.3 Å². The number of carbonyl (C=O) groups excluding carboxylic acids is 2. The van der Waals surface area contributed by atoms with E-state index in [2.05, 4.69) is 43.5 Å². The van der Waals surface area contributed by atoms with E-state index in [0.29, 0.717) is 19.4 Å². The minimum atomic E-state index is -0.855. The second-order valence-corrected chi connectivity index (χ2v) is 18.5. The monoisotopic (exact) mass is 872 g/mol. The molecule has 0 aromatic heterocycles. The van der Waals surface area contributed by atoms with E-state index >= 15 is 0 Å². The first-order chi connectivity index (χ1) is 30.5. The fourth-order valence-electron chi connectivity index (χ4n) is 8.15. The first kappa shape index (κ1) is 60.1. The maximum Gasteiger partial charge on any atom is 0.305 e. The molecule has 0 saturated heterocycles. The summed E-state index contributed by atoms with van der Waals surface area (Å²) in [6, 6.07) is -0.640. The van der Waals surface area contributed by atoms with Gasteiger partial charge in [0.25, 0.3) is 0 Å². The molecule has 2 unspecified atom stereocenters. The zero-order chi connectivity index (χ0) is 45.1. The normalized spacial score (nSPS) is 12.9. The van der Waals surface area contributed by atoms with Gasteiger partial charge in [-0.1, -0.05) is 224 Å². The highest BCUT2D eigenvalue weighted by molar-refractivity contribution is 5.76. The lowest BCUT2D eigenvalue weighted by Crippen LogP contribution is -2.45. The van der Waals surface area contributed by atoms with Gasteiger partial charge in [-0.25, -0.2) is 0 Å². The lowest BCUT2D eigenvalue weighted by molar-refractivity contribution is -0.143. The van der Waals surface area contributed by atoms with Crippen molar-refractivity contribution in [3.8, 4) is 0 Å². The quantitative estimate of drug-likeness (QED) is 0.0321. The summed E-state index contributed by atoms with van der Waals surface area (Å²) < 4.78 is 5.45. The van der Waals surface area contributed by atoms with E-state index in [4.69, 9.17) is 4.74 Å². The molecule has 2 atom stereocenters. The van der Waals surface area contributed by atoms with Gasteiger partial charge in [0.1, 0.15) is 0 Å². The van der Waals surface area contributed by atoms with Gasteiger partial charge in [0, 0.05) is 12.8 Å². The first-order valence-corrected chi connectivity index (χ1v) is 27.3. The fourth-order valence-corrected chi connectivity index (χ4v) is 8.15. The van der Waals surface area contributed by atoms with Crippen LogP contribution in [0.1, 0.15) is 284 Å². The van der Waals surface area contributed by atoms with Gasteiger partial charge in [-0.2, -0.15) is 0 Å². The number of esters is 1. The highest BCUT2D eigenvalue weighted by Gasteiger charge is 2.18. The number of amides is 1. The second kappa shape index (κ2) is 51.7. The predicted molar refractivity (Wildman–Crippen MR) is 269 cm³/mol. The lowest BCUT2D eigenvalue weighted by Gasteiger charge is -2.20. The van der Waals surface area contributed by atoms with Crippen molar-refractivity contribution >= 4 is 11.9 Å². The van der Waals surface area contributed by atoms with Crippen molar-refractivity contribution in [1.82, 2.24) is 5.32 Å². The highest BCUT2D eigenvalue weighted by atomic mass is 16.5. The summed E-state index contributed by atoms with van der Waals surface area (Å²) in [4.78, 5) is 24.4. The molecule has 0 radical (unpaired) electrons. The number of carbonyl (C=O) groups is 2. The second-order valence-electron chi connectivity index (χ2n) is 18.5. The van der Waals surface area contributed by atoms with Crippen LogP contribution in [0.2, 0.25) is 0 Å². The van der Waals surface area contributed by atoms with Gasteiger partial charge >= 0.3 is 5.97 Å². The van der Waals surface area contributed by atoms with Crippen molar-refractivity contribution in [3.05, 3.63) is 36.5 Å². The van der Waals surface area contributed by atoms with E-state index in [-0.39, 0.29) is 18.5 Å². The molecule has 0 fully saturated rings. The number of rotatable bonds is 50. The van der Waals surface area contributed by atoms with Gasteiger partial charge in [0.15, 0.2) is 0 Å². The summed E-state index contributed by atoms with van der Waals surface area (Å²) >= 11 is 0. The van der Waals surface area contributed by atoms with Crippen LogP contribution in [0, 0.1) is 0 Å². The van der Waals surface area contributed by atoms with Crippen LogP contribution in [0.5, 0.6) is 0 Å². The summed E-state index contributed by atoms with van der Waals surface area (Å²) in [6.45, 7) is 4.86. The third-order valence-electron chi connectivity index (χ3n) is 12.4. The third kappa shape index (κ3) is 47.6. The van der Waals surface area contributed by atoms with E-state index in [1.807, 2.05) is 6.08 Å². The Kier molecular flexibility index (Phi) is 50.1. The molecule has 0 spiro atoms. The van der Waals surface area contributed by atoms with Crippen LogP contribution >= 0.6 is 0 Å². The van der Waals surface area contributed by atoms with Crippen molar-refractivity contribution in [3.63, 3.8) is 0 Å². The number of unbranched alkanes of at least 4 members (excludes halogenated alkanes) is 35. The average molecular weight is 872 g/mol. The topological polar surface area (TPSA) is 95.9 Å². The third-order valence-corrected chi connectivity index (χ3v) is 12.4. The number of allylic oxidation sites excluding steroid dienone is 5. The summed E-state index contributed by atoms with van der Waals surface area (Å²) in [5.74, 6) is -0.0985. The zero-order valence-electron chi connectivity index (χ0n) is 41.4. The van der Waals surface area contributed by atoms with Gasteiger partial charge in [-0.3, -0.25) is 9.59 Å². The molecule has 0 aliphatic carbocycles. The number of ether oxygens (including phenoxy) is 1. The molecule has 0 saturated carbocycles. The summed E-state index contributed by atoms with van der Waals surface area (Å²) in [5.41, 5.74) is 0. The van der Waals surface area contributed by atoms with E-state index in [0.717, 1.165) is 64.2 Å². The molecule has 0 aliphatic rings. The lowest BCUT2D eigenvalue weighted by atomic mass is 10.0. The Labute approximate surface area is 385 Å². The molecular formula is C56H105NO5. The number of nitrogens with one attached hydrogen (secondary N) is 1. The molecule has 6 nitrogen and oxygen atoms in total. The SMILES string of the molecule is CCCCCC/C=C\CCCCCCCC(=O)OCCCCCCCCC/C=C\CCCCCCCC(=O)NC(CO)C(O)/C=C/CCCCCCCCCCCCCCCC. The summed E-state index contributed by atoms with van der Waals surface area (Å²) in [7, 11) is 0. The van der Waals surface area contributed by atoms with Crippen molar-refractivity contribution < 1.29 is 24.5 Å². The van der Waals surface area contributed by atoms with Crippen LogP contribution in [-0.2, 0) is 14.3 Å². The van der Waals surface area contributed by atoms with Gasteiger partial charge in [-0.15, -0.1) is 0 Å². The van der Waals surface area contributed by atoms with Crippen LogP contribution in [0.3, 0.4) is 0 Å². The van der Waals surface area contributed by atoms with Crippen LogP contribution in [0.15, 0.2) is 36.5 Å². The van der Waals surface area contributed by atoms with Crippen LogP contribution in [-0.4, -0.2) is 47.4 Å². The van der Waals surface area contributed by atoms with Crippen LogP contribution < -0.4 is 5.32 Å². The number of aliphatic hydroxyl groups is 2. The molecule has 3 N–H and O–H groups in total. The maximum atomic E-state index is 12.4. The molecule has 0 aromatic carbocycles. The molecule has 0 bridgehead atoms. The van der Waals surface area contributed by atoms with Crippen molar-refractivity contribution in [2.75, 3.05) is 13.2 Å². The molecule has 0 heterocycles. The van der Waals surface area contributed by atoms with Gasteiger partial charge in [0.2, 0.25) is 5.91 Å². The Morgan fingerprint density at radius 3 is 1.16 bits per heavy atom. The van der Waals surface area contributed by atoms with Crippen molar-refractivity contribution in [1.29, 1.82) is 0 Å². The maximum absolute atomic E-state index is 12.4. The largest absolute Gasteiger partial charge is 0.466 e. The van der Waals surface area contributed by atoms with Crippen molar-refractivity contribution in [2.45, 2.75) is 296 Å². The first-order valence-electron chi connectivity index (χ1n) is 27.3. The van der Waals surface area contributed by atoms with Crippen LogP contribution in [0.4, 0.5) is 0 Å². The highest BCUT2D eigenvalue weighted by Crippen LogP contribution is 2.15. The summed E-state index contributed by atoms with van der Waals surface area (Å²) in [6.07, 6.45) is 62.9. The number of hydrogen-bond donors (Lipinski definition) is 3. The Balaban J connectivity index is 3.51. The van der Waals surface area contributed by atoms with Crippen molar-refractivity contribution in [2.24, 2.45) is 0 Å². The van der Waals surface area contributed by atoms with Gasteiger partial charge in [0.05, 0.1) is 25.4 Å². The predicted octanol–water partition coefficient (Wildman–Crippen LogP) is 16.5. The number of aliphatic hydroxyl groups excluding tert-OH is 2. The van der Waals surface area contributed by atoms with Crippen LogP contribution in [0.25, 0.3) is 0 Å². The Hall–Kier alpha value is -1.92. The Morgan fingerprint density at radius 1 is 0.435 bits per heavy atom. The molecular weight excluding hydrogens is 767 g/mol. The molecule has 0 rings (SSSR count). The zero-order valence-corrected chi connectivity index (χ0v) is 41.4. The molecule has 364 valence electrons. The molecule has 6 heteroatoms. The minimum absolute atomic E-state index is 0.0135. The number of hydrogen-bond acceptors (Lipinski definition) is 5. The molecule has 1 amide bonds.